The molecule has 0 bridgehead atoms. The topological polar surface area (TPSA) is 62.5 Å². The summed E-state index contributed by atoms with van der Waals surface area (Å²) in [6.45, 7) is 5.32. The predicted octanol–water partition coefficient (Wildman–Crippen LogP) is 5.88. The van der Waals surface area contributed by atoms with E-state index < -0.39 is 0 Å². The maximum absolute atomic E-state index is 12.9. The Balaban J connectivity index is 1.50. The van der Waals surface area contributed by atoms with Gasteiger partial charge in [-0.25, -0.2) is 9.97 Å². The third-order valence-electron chi connectivity index (χ3n) is 6.53. The molecular weight excluding hydrogens is 442 g/mol. The van der Waals surface area contributed by atoms with E-state index in [2.05, 4.69) is 45.0 Å². The fraction of sp³-hybridized carbons (Fsp3) is 0.296. The van der Waals surface area contributed by atoms with Crippen molar-refractivity contribution in [1.29, 1.82) is 0 Å². The highest BCUT2D eigenvalue weighted by Gasteiger charge is 2.29. The normalized spacial score (nSPS) is 15.6. The zero-order chi connectivity index (χ0) is 23.7. The van der Waals surface area contributed by atoms with Crippen molar-refractivity contribution in [1.82, 2.24) is 19.3 Å². The Labute approximate surface area is 203 Å². The summed E-state index contributed by atoms with van der Waals surface area (Å²) in [5, 5.41) is 4.48. The number of benzene rings is 1. The number of hydrogen-bond acceptors (Lipinski definition) is 5. The highest BCUT2D eigenvalue weighted by atomic mass is 32.1. The first kappa shape index (κ1) is 22.3. The molecule has 3 aromatic heterocycles. The number of fused-ring (bicyclic) bond motifs is 2. The van der Waals surface area contributed by atoms with Crippen LogP contribution in [0.4, 0.5) is 5.82 Å². The van der Waals surface area contributed by atoms with E-state index in [9.17, 15) is 4.79 Å². The highest BCUT2D eigenvalue weighted by molar-refractivity contribution is 7.22. The van der Waals surface area contributed by atoms with Crippen LogP contribution in [-0.4, -0.2) is 45.3 Å². The second-order valence-corrected chi connectivity index (χ2v) is 9.61. The predicted molar refractivity (Wildman–Crippen MR) is 140 cm³/mol. The Morgan fingerprint density at radius 2 is 2.00 bits per heavy atom. The Bertz CT molecular complexity index is 1370. The number of aromatic nitrogens is 3. The van der Waals surface area contributed by atoms with Crippen molar-refractivity contribution < 1.29 is 4.79 Å². The molecule has 0 saturated carbocycles. The molecule has 0 spiro atoms. The van der Waals surface area contributed by atoms with E-state index in [-0.39, 0.29) is 11.8 Å². The lowest BCUT2D eigenvalue weighted by Gasteiger charge is -2.31. The minimum Gasteiger partial charge on any atom is -0.371 e. The molecule has 1 fully saturated rings. The van der Waals surface area contributed by atoms with Crippen molar-refractivity contribution in [3.8, 4) is 10.6 Å². The average Bonchev–Trinajstić information content (AvgIpc) is 3.48. The zero-order valence-electron chi connectivity index (χ0n) is 19.8. The molecule has 4 aromatic rings. The number of thiophene rings is 1. The molecular formula is C27H29N5OS. The number of likely N-dealkylation sites (tertiary alicyclic amines) is 1. The van der Waals surface area contributed by atoms with Gasteiger partial charge in [-0.05, 0) is 44.2 Å². The average molecular weight is 472 g/mol. The number of anilines is 1. The molecule has 7 heteroatoms. The maximum atomic E-state index is 12.9. The molecule has 0 atom stereocenters. The van der Waals surface area contributed by atoms with E-state index in [1.165, 1.54) is 10.1 Å². The van der Waals surface area contributed by atoms with Crippen molar-refractivity contribution in [3.05, 3.63) is 72.4 Å². The molecule has 6 nitrogen and oxygen atoms in total. The van der Waals surface area contributed by atoms with Crippen molar-refractivity contribution in [3.63, 3.8) is 0 Å². The minimum atomic E-state index is 0.111. The maximum Gasteiger partial charge on any atom is 0.253 e. The van der Waals surface area contributed by atoms with E-state index in [1.807, 2.05) is 56.4 Å². The number of rotatable bonds is 5. The third-order valence-corrected chi connectivity index (χ3v) is 7.65. The van der Waals surface area contributed by atoms with E-state index in [0.717, 1.165) is 59.2 Å². The van der Waals surface area contributed by atoms with Crippen LogP contribution >= 0.6 is 11.3 Å². The van der Waals surface area contributed by atoms with Gasteiger partial charge in [0.05, 0.1) is 4.88 Å². The first-order chi connectivity index (χ1) is 16.6. The molecule has 174 valence electrons. The van der Waals surface area contributed by atoms with Gasteiger partial charge < -0.3 is 10.2 Å². The fourth-order valence-corrected chi connectivity index (χ4v) is 5.85. The first-order valence-electron chi connectivity index (χ1n) is 11.8. The van der Waals surface area contributed by atoms with Crippen LogP contribution < -0.4 is 5.32 Å². The van der Waals surface area contributed by atoms with Crippen LogP contribution in [0.3, 0.4) is 0 Å². The Kier molecular flexibility index (Phi) is 6.20. The largest absolute Gasteiger partial charge is 0.371 e. The van der Waals surface area contributed by atoms with Crippen LogP contribution in [0.15, 0.2) is 66.5 Å². The summed E-state index contributed by atoms with van der Waals surface area (Å²) in [5.74, 6) is 2.26. The molecule has 1 aliphatic rings. The molecule has 5 rings (SSSR count). The number of carbonyl (C=O) groups is 1. The van der Waals surface area contributed by atoms with Gasteiger partial charge in [0.25, 0.3) is 5.91 Å². The van der Waals surface area contributed by atoms with Gasteiger partial charge in [-0.15, -0.1) is 11.3 Å². The van der Waals surface area contributed by atoms with E-state index in [0.29, 0.717) is 0 Å². The van der Waals surface area contributed by atoms with Crippen molar-refractivity contribution in [2.45, 2.75) is 32.6 Å². The van der Waals surface area contributed by atoms with Gasteiger partial charge >= 0.3 is 0 Å². The number of nitrogens with one attached hydrogen (secondary N) is 1. The van der Waals surface area contributed by atoms with Crippen LogP contribution in [0.25, 0.3) is 26.2 Å². The van der Waals surface area contributed by atoms with Crippen LogP contribution in [-0.2, 0) is 4.79 Å². The molecule has 1 amide bonds. The standard InChI is InChI=1S/C27H29N5OS/c1-4-8-18(5-2)27(33)31-14-11-19(12-15-31)26-30-23(24-25(28-3)29-13-16-32(24)26)22-17-20-9-6-7-10-21(20)34-22/h4-10,13,16-17,19H,11-12,14-15H2,1-3H3,(H,28,29)/b8-4-,18-5+. The van der Waals surface area contributed by atoms with Gasteiger partial charge in [-0.1, -0.05) is 36.4 Å². The van der Waals surface area contributed by atoms with Crippen LogP contribution in [0.5, 0.6) is 0 Å². The van der Waals surface area contributed by atoms with Gasteiger partial charge in [-0.2, -0.15) is 0 Å². The molecule has 0 aliphatic carbocycles. The summed E-state index contributed by atoms with van der Waals surface area (Å²) in [7, 11) is 1.90. The lowest BCUT2D eigenvalue weighted by Crippen LogP contribution is -2.38. The van der Waals surface area contributed by atoms with Crippen molar-refractivity contribution in [2.75, 3.05) is 25.5 Å². The summed E-state index contributed by atoms with van der Waals surface area (Å²) in [6.07, 6.45) is 11.3. The number of piperidine rings is 1. The number of nitrogens with zero attached hydrogens (tertiary/aromatic N) is 4. The smallest absolute Gasteiger partial charge is 0.253 e. The first-order valence-corrected chi connectivity index (χ1v) is 12.6. The van der Waals surface area contributed by atoms with E-state index in [4.69, 9.17) is 4.98 Å². The molecule has 4 heterocycles. The van der Waals surface area contributed by atoms with Gasteiger partial charge in [0.2, 0.25) is 0 Å². The summed E-state index contributed by atoms with van der Waals surface area (Å²) in [6, 6.07) is 10.7. The molecule has 1 saturated heterocycles. The summed E-state index contributed by atoms with van der Waals surface area (Å²) in [4.78, 5) is 25.8. The second kappa shape index (κ2) is 9.43. The number of hydrogen-bond donors (Lipinski definition) is 1. The summed E-state index contributed by atoms with van der Waals surface area (Å²) < 4.78 is 3.44. The molecule has 1 N–H and O–H groups in total. The van der Waals surface area contributed by atoms with Crippen molar-refractivity contribution >= 4 is 38.7 Å². The van der Waals surface area contributed by atoms with E-state index >= 15 is 0 Å². The Morgan fingerprint density at radius 1 is 1.21 bits per heavy atom. The summed E-state index contributed by atoms with van der Waals surface area (Å²) >= 11 is 1.76. The van der Waals surface area contributed by atoms with Gasteiger partial charge in [-0.3, -0.25) is 9.20 Å². The van der Waals surface area contributed by atoms with E-state index in [1.54, 1.807) is 11.3 Å². The molecule has 34 heavy (non-hydrogen) atoms. The highest BCUT2D eigenvalue weighted by Crippen LogP contribution is 2.39. The minimum absolute atomic E-state index is 0.111. The molecule has 0 unspecified atom stereocenters. The van der Waals surface area contributed by atoms with Crippen LogP contribution in [0, 0.1) is 0 Å². The summed E-state index contributed by atoms with van der Waals surface area (Å²) in [5.41, 5.74) is 2.73. The van der Waals surface area contributed by atoms with Gasteiger partial charge in [0, 0.05) is 48.7 Å². The van der Waals surface area contributed by atoms with Crippen LogP contribution in [0.2, 0.25) is 0 Å². The third kappa shape index (κ3) is 3.90. The quantitative estimate of drug-likeness (QED) is 0.292. The number of allylic oxidation sites excluding steroid dienone is 2. The zero-order valence-corrected chi connectivity index (χ0v) is 20.6. The fourth-order valence-electron chi connectivity index (χ4n) is 4.80. The Hall–Kier alpha value is -3.45. The molecule has 1 aromatic carbocycles. The molecule has 1 aliphatic heterocycles. The number of imidazole rings is 1. The Morgan fingerprint density at radius 3 is 2.71 bits per heavy atom. The lowest BCUT2D eigenvalue weighted by atomic mass is 9.95. The molecule has 0 radical (unpaired) electrons. The SMILES string of the molecule is C/C=C\C(=C/C)C(=O)N1CCC(c2nc(-c3cc4ccccc4s3)c3c(NC)nccn23)CC1. The lowest BCUT2D eigenvalue weighted by molar-refractivity contribution is -0.127. The van der Waals surface area contributed by atoms with Gasteiger partial charge in [0.15, 0.2) is 5.82 Å². The monoisotopic (exact) mass is 471 g/mol. The van der Waals surface area contributed by atoms with Crippen molar-refractivity contribution in [2.24, 2.45) is 0 Å². The number of carbonyl (C=O) groups excluding carboxylic acids is 1. The second-order valence-electron chi connectivity index (χ2n) is 8.52. The van der Waals surface area contributed by atoms with Gasteiger partial charge in [0.1, 0.15) is 17.0 Å². The number of amides is 1. The van der Waals surface area contributed by atoms with Crippen LogP contribution in [0.1, 0.15) is 38.4 Å².